The molecule has 108 valence electrons. The summed E-state index contributed by atoms with van der Waals surface area (Å²) in [4.78, 5) is 0. The van der Waals surface area contributed by atoms with Crippen molar-refractivity contribution in [2.75, 3.05) is 0 Å². The lowest BCUT2D eigenvalue weighted by Crippen LogP contribution is -2.07. The maximum Gasteiger partial charge on any atom is 0.142 e. The van der Waals surface area contributed by atoms with Crippen LogP contribution in [0.25, 0.3) is 0 Å². The first-order chi connectivity index (χ1) is 9.43. The van der Waals surface area contributed by atoms with E-state index in [1.807, 2.05) is 14.0 Å². The lowest BCUT2D eigenvalue weighted by atomic mass is 10.0. The Morgan fingerprint density at radius 3 is 2.75 bits per heavy atom. The van der Waals surface area contributed by atoms with Crippen LogP contribution in [0.4, 0.5) is 4.39 Å². The number of aliphatic hydroxyl groups is 1. The van der Waals surface area contributed by atoms with Gasteiger partial charge in [0.25, 0.3) is 0 Å². The summed E-state index contributed by atoms with van der Waals surface area (Å²) < 4.78 is 16.1. The van der Waals surface area contributed by atoms with Crippen LogP contribution in [0.1, 0.15) is 30.0 Å². The van der Waals surface area contributed by atoms with E-state index in [2.05, 4.69) is 21.0 Å². The summed E-state index contributed by atoms with van der Waals surface area (Å²) in [7, 11) is 1.83. The quantitative estimate of drug-likeness (QED) is 0.899. The van der Waals surface area contributed by atoms with Gasteiger partial charge in [-0.1, -0.05) is 24.6 Å². The second-order valence-electron chi connectivity index (χ2n) is 4.58. The average Bonchev–Trinajstić information content (AvgIpc) is 2.69. The van der Waals surface area contributed by atoms with Gasteiger partial charge in [-0.2, -0.15) is 5.10 Å². The van der Waals surface area contributed by atoms with Gasteiger partial charge in [0.2, 0.25) is 0 Å². The lowest BCUT2D eigenvalue weighted by Gasteiger charge is -2.12. The summed E-state index contributed by atoms with van der Waals surface area (Å²) >= 11 is 9.14. The molecule has 1 aromatic heterocycles. The zero-order valence-corrected chi connectivity index (χ0v) is 13.5. The van der Waals surface area contributed by atoms with E-state index in [1.54, 1.807) is 10.7 Å². The van der Waals surface area contributed by atoms with E-state index in [1.165, 1.54) is 12.1 Å². The van der Waals surface area contributed by atoms with Gasteiger partial charge in [0.15, 0.2) is 0 Å². The molecule has 1 heterocycles. The number of hydrogen-bond donors (Lipinski definition) is 1. The van der Waals surface area contributed by atoms with E-state index in [0.717, 1.165) is 22.3 Å². The van der Waals surface area contributed by atoms with Gasteiger partial charge in [0.1, 0.15) is 5.82 Å². The number of aryl methyl sites for hydroxylation is 2. The molecule has 2 rings (SSSR count). The minimum absolute atomic E-state index is 0.0518. The number of halogens is 3. The molecule has 0 saturated heterocycles. The average molecular weight is 362 g/mol. The van der Waals surface area contributed by atoms with Crippen molar-refractivity contribution in [1.82, 2.24) is 9.78 Å². The van der Waals surface area contributed by atoms with Crippen molar-refractivity contribution in [3.8, 4) is 0 Å². The molecule has 0 fully saturated rings. The Bertz CT molecular complexity index is 630. The molecule has 6 heteroatoms. The van der Waals surface area contributed by atoms with E-state index >= 15 is 0 Å². The highest BCUT2D eigenvalue weighted by molar-refractivity contribution is 9.10. The molecular weight excluding hydrogens is 347 g/mol. The Labute approximate surface area is 130 Å². The monoisotopic (exact) mass is 360 g/mol. The van der Waals surface area contributed by atoms with Crippen LogP contribution in [0.2, 0.25) is 5.02 Å². The van der Waals surface area contributed by atoms with Crippen LogP contribution in [0.15, 0.2) is 22.7 Å². The fourth-order valence-corrected chi connectivity index (χ4v) is 2.96. The zero-order chi connectivity index (χ0) is 14.9. The second kappa shape index (κ2) is 6.24. The number of rotatable bonds is 4. The first-order valence-electron chi connectivity index (χ1n) is 6.27. The van der Waals surface area contributed by atoms with Gasteiger partial charge in [0.05, 0.1) is 27.0 Å². The maximum absolute atomic E-state index is 13.4. The molecule has 0 aliphatic rings. The van der Waals surface area contributed by atoms with Crippen LogP contribution in [-0.4, -0.2) is 14.9 Å². The summed E-state index contributed by atoms with van der Waals surface area (Å²) in [5.74, 6) is -0.526. The molecule has 3 nitrogen and oxygen atoms in total. The van der Waals surface area contributed by atoms with Crippen molar-refractivity contribution in [3.63, 3.8) is 0 Å². The van der Waals surface area contributed by atoms with Crippen LogP contribution in [-0.2, 0) is 19.9 Å². The molecule has 0 spiro atoms. The molecule has 0 aliphatic carbocycles. The molecule has 2 aromatic rings. The van der Waals surface area contributed by atoms with Crippen LogP contribution in [0, 0.1) is 5.82 Å². The van der Waals surface area contributed by atoms with Crippen molar-refractivity contribution in [1.29, 1.82) is 0 Å². The van der Waals surface area contributed by atoms with E-state index in [0.29, 0.717) is 12.0 Å². The predicted octanol–water partition coefficient (Wildman–Crippen LogP) is 3.81. The fraction of sp³-hybridized carbons (Fsp3) is 0.357. The molecule has 0 aliphatic heterocycles. The maximum atomic E-state index is 13.4. The molecular formula is C14H15BrClFN2O. The number of aliphatic hydroxyl groups excluding tert-OH is 1. The molecule has 0 saturated carbocycles. The van der Waals surface area contributed by atoms with E-state index in [-0.39, 0.29) is 5.02 Å². The first kappa shape index (κ1) is 15.5. The SMILES string of the molecule is CCc1nn(C)c(CC(O)c2ccc(Cl)c(F)c2)c1Br. The van der Waals surface area contributed by atoms with Crippen LogP contribution in [0.5, 0.6) is 0 Å². The lowest BCUT2D eigenvalue weighted by molar-refractivity contribution is 0.175. The van der Waals surface area contributed by atoms with Gasteiger partial charge in [-0.05, 0) is 40.0 Å². The minimum Gasteiger partial charge on any atom is -0.388 e. The summed E-state index contributed by atoms with van der Waals surface area (Å²) in [5.41, 5.74) is 2.32. The topological polar surface area (TPSA) is 38.0 Å². The second-order valence-corrected chi connectivity index (χ2v) is 5.78. The molecule has 0 amide bonds. The van der Waals surface area contributed by atoms with Crippen molar-refractivity contribution in [2.24, 2.45) is 7.05 Å². The fourth-order valence-electron chi connectivity index (χ4n) is 2.06. The third-order valence-electron chi connectivity index (χ3n) is 3.22. The number of benzene rings is 1. The van der Waals surface area contributed by atoms with Crippen LogP contribution in [0.3, 0.4) is 0 Å². The third kappa shape index (κ3) is 3.05. The van der Waals surface area contributed by atoms with Gasteiger partial charge in [-0.3, -0.25) is 4.68 Å². The molecule has 20 heavy (non-hydrogen) atoms. The summed E-state index contributed by atoms with van der Waals surface area (Å²) in [5, 5.41) is 14.7. The predicted molar refractivity (Wildman–Crippen MR) is 80.4 cm³/mol. The minimum atomic E-state index is -0.807. The zero-order valence-electron chi connectivity index (χ0n) is 11.2. The molecule has 0 radical (unpaired) electrons. The highest BCUT2D eigenvalue weighted by Crippen LogP contribution is 2.28. The summed E-state index contributed by atoms with van der Waals surface area (Å²) in [6, 6.07) is 4.34. The third-order valence-corrected chi connectivity index (χ3v) is 4.44. The number of nitrogens with zero attached hydrogens (tertiary/aromatic N) is 2. The molecule has 1 atom stereocenters. The first-order valence-corrected chi connectivity index (χ1v) is 7.44. The smallest absolute Gasteiger partial charge is 0.142 e. The normalized spacial score (nSPS) is 12.7. The standard InChI is InChI=1S/C14H15BrClFN2O/c1-3-11-14(15)12(19(2)18-11)7-13(20)8-4-5-9(16)10(17)6-8/h4-6,13,20H,3,7H2,1-2H3. The molecule has 1 aromatic carbocycles. The van der Waals surface area contributed by atoms with Crippen molar-refractivity contribution >= 4 is 27.5 Å². The Hall–Kier alpha value is -0.910. The Morgan fingerprint density at radius 1 is 1.50 bits per heavy atom. The van der Waals surface area contributed by atoms with Gasteiger partial charge in [-0.15, -0.1) is 0 Å². The van der Waals surface area contributed by atoms with E-state index in [4.69, 9.17) is 11.6 Å². The van der Waals surface area contributed by atoms with Gasteiger partial charge in [0, 0.05) is 13.5 Å². The Morgan fingerprint density at radius 2 is 2.20 bits per heavy atom. The summed E-state index contributed by atoms with van der Waals surface area (Å²) in [6.07, 6.45) is 0.351. The van der Waals surface area contributed by atoms with E-state index < -0.39 is 11.9 Å². The van der Waals surface area contributed by atoms with Crippen LogP contribution >= 0.6 is 27.5 Å². The largest absolute Gasteiger partial charge is 0.388 e. The van der Waals surface area contributed by atoms with Crippen LogP contribution < -0.4 is 0 Å². The van der Waals surface area contributed by atoms with Crippen molar-refractivity contribution in [2.45, 2.75) is 25.9 Å². The Kier molecular flexibility index (Phi) is 4.83. The van der Waals surface area contributed by atoms with Gasteiger partial charge < -0.3 is 5.11 Å². The van der Waals surface area contributed by atoms with Gasteiger partial charge in [-0.25, -0.2) is 4.39 Å². The highest BCUT2D eigenvalue weighted by Gasteiger charge is 2.18. The number of hydrogen-bond acceptors (Lipinski definition) is 2. The highest BCUT2D eigenvalue weighted by atomic mass is 79.9. The molecule has 1 unspecified atom stereocenters. The number of aromatic nitrogens is 2. The van der Waals surface area contributed by atoms with E-state index in [9.17, 15) is 9.50 Å². The summed E-state index contributed by atoms with van der Waals surface area (Å²) in [6.45, 7) is 2.02. The molecule has 1 N–H and O–H groups in total. The molecule has 0 bridgehead atoms. The van der Waals surface area contributed by atoms with Gasteiger partial charge >= 0.3 is 0 Å². The van der Waals surface area contributed by atoms with Crippen molar-refractivity contribution < 1.29 is 9.50 Å². The van der Waals surface area contributed by atoms with Crippen molar-refractivity contribution in [3.05, 3.63) is 50.5 Å². The Balaban J connectivity index is 2.25.